The van der Waals surface area contributed by atoms with E-state index in [9.17, 15) is 4.79 Å². The first-order valence-corrected chi connectivity index (χ1v) is 8.51. The van der Waals surface area contributed by atoms with Crippen molar-refractivity contribution >= 4 is 17.5 Å². The number of piperazine rings is 1. The molecule has 1 aromatic heterocycles. The standard InChI is InChI=1S/C16H23N5O2/c22-16(13-1-2-13)21-7-5-19(6-8-21)14-3-4-15(18-17-14)20-9-11-23-12-10-20/h3-4,13H,1-2,5-12H2. The molecule has 7 nitrogen and oxygen atoms in total. The Morgan fingerprint density at radius 1 is 0.913 bits per heavy atom. The molecule has 1 aliphatic carbocycles. The molecular weight excluding hydrogens is 294 g/mol. The molecular formula is C16H23N5O2. The highest BCUT2D eigenvalue weighted by atomic mass is 16.5. The van der Waals surface area contributed by atoms with Gasteiger partial charge in [-0.1, -0.05) is 0 Å². The predicted molar refractivity (Wildman–Crippen MR) is 86.6 cm³/mol. The summed E-state index contributed by atoms with van der Waals surface area (Å²) in [5.41, 5.74) is 0. The predicted octanol–water partition coefficient (Wildman–Crippen LogP) is 0.372. The Bertz CT molecular complexity index is 546. The van der Waals surface area contributed by atoms with Gasteiger partial charge in [0.2, 0.25) is 5.91 Å². The summed E-state index contributed by atoms with van der Waals surface area (Å²) in [7, 11) is 0. The Balaban J connectivity index is 1.34. The van der Waals surface area contributed by atoms with Crippen molar-refractivity contribution in [3.05, 3.63) is 12.1 Å². The SMILES string of the molecule is O=C(C1CC1)N1CCN(c2ccc(N3CCOCC3)nn2)CC1. The largest absolute Gasteiger partial charge is 0.378 e. The normalized spacial score (nSPS) is 22.3. The van der Waals surface area contributed by atoms with Crippen LogP contribution in [0.2, 0.25) is 0 Å². The van der Waals surface area contributed by atoms with Gasteiger partial charge in [-0.15, -0.1) is 10.2 Å². The summed E-state index contributed by atoms with van der Waals surface area (Å²) in [5, 5.41) is 8.75. The van der Waals surface area contributed by atoms with E-state index in [1.54, 1.807) is 0 Å². The summed E-state index contributed by atoms with van der Waals surface area (Å²) in [4.78, 5) is 18.5. The topological polar surface area (TPSA) is 61.8 Å². The second-order valence-electron chi connectivity index (χ2n) is 6.44. The van der Waals surface area contributed by atoms with Crippen LogP contribution in [-0.2, 0) is 9.53 Å². The van der Waals surface area contributed by atoms with Crippen LogP contribution in [0.5, 0.6) is 0 Å². The van der Waals surface area contributed by atoms with Crippen LogP contribution < -0.4 is 9.80 Å². The van der Waals surface area contributed by atoms with Crippen LogP contribution in [0.25, 0.3) is 0 Å². The molecule has 1 aromatic rings. The molecule has 3 aliphatic rings. The van der Waals surface area contributed by atoms with Crippen molar-refractivity contribution in [1.82, 2.24) is 15.1 Å². The quantitative estimate of drug-likeness (QED) is 0.803. The summed E-state index contributed by atoms with van der Waals surface area (Å²) >= 11 is 0. The van der Waals surface area contributed by atoms with Crippen LogP contribution in [0, 0.1) is 5.92 Å². The van der Waals surface area contributed by atoms with E-state index in [1.165, 1.54) is 0 Å². The van der Waals surface area contributed by atoms with E-state index in [1.807, 2.05) is 17.0 Å². The van der Waals surface area contributed by atoms with E-state index in [-0.39, 0.29) is 0 Å². The summed E-state index contributed by atoms with van der Waals surface area (Å²) < 4.78 is 5.36. The van der Waals surface area contributed by atoms with Gasteiger partial charge >= 0.3 is 0 Å². The highest BCUT2D eigenvalue weighted by Gasteiger charge is 2.34. The van der Waals surface area contributed by atoms with Crippen LogP contribution in [0.4, 0.5) is 11.6 Å². The lowest BCUT2D eigenvalue weighted by atomic mass is 10.2. The number of anilines is 2. The van der Waals surface area contributed by atoms with E-state index in [4.69, 9.17) is 4.74 Å². The zero-order valence-corrected chi connectivity index (χ0v) is 13.4. The molecule has 0 bridgehead atoms. The van der Waals surface area contributed by atoms with Crippen LogP contribution in [0.1, 0.15) is 12.8 Å². The average molecular weight is 317 g/mol. The lowest BCUT2D eigenvalue weighted by Gasteiger charge is -2.35. The first kappa shape index (κ1) is 14.7. The molecule has 0 radical (unpaired) electrons. The maximum Gasteiger partial charge on any atom is 0.225 e. The molecule has 124 valence electrons. The summed E-state index contributed by atoms with van der Waals surface area (Å²) in [6, 6.07) is 4.07. The fourth-order valence-corrected chi connectivity index (χ4v) is 3.19. The molecule has 7 heteroatoms. The smallest absolute Gasteiger partial charge is 0.225 e. The number of amides is 1. The number of ether oxygens (including phenoxy) is 1. The van der Waals surface area contributed by atoms with Gasteiger partial charge in [0.25, 0.3) is 0 Å². The highest BCUT2D eigenvalue weighted by Crippen LogP contribution is 2.31. The van der Waals surface area contributed by atoms with Crippen molar-refractivity contribution in [2.75, 3.05) is 62.3 Å². The van der Waals surface area contributed by atoms with E-state index in [2.05, 4.69) is 20.0 Å². The third-order valence-electron chi connectivity index (χ3n) is 4.81. The molecule has 3 heterocycles. The van der Waals surface area contributed by atoms with Crippen molar-refractivity contribution in [2.45, 2.75) is 12.8 Å². The summed E-state index contributed by atoms with van der Waals surface area (Å²) in [6.45, 7) is 6.51. The number of nitrogens with zero attached hydrogens (tertiary/aromatic N) is 5. The van der Waals surface area contributed by atoms with Crippen molar-refractivity contribution in [3.63, 3.8) is 0 Å². The third kappa shape index (κ3) is 3.24. The number of carbonyl (C=O) groups excluding carboxylic acids is 1. The number of carbonyl (C=O) groups is 1. The lowest BCUT2D eigenvalue weighted by molar-refractivity contribution is -0.132. The Morgan fingerprint density at radius 2 is 1.48 bits per heavy atom. The minimum Gasteiger partial charge on any atom is -0.378 e. The molecule has 0 aromatic carbocycles. The van der Waals surface area contributed by atoms with Gasteiger partial charge < -0.3 is 19.4 Å². The maximum atomic E-state index is 12.1. The molecule has 0 N–H and O–H groups in total. The molecule has 0 atom stereocenters. The van der Waals surface area contributed by atoms with E-state index in [0.29, 0.717) is 11.8 Å². The second kappa shape index (κ2) is 6.31. The number of rotatable bonds is 3. The summed E-state index contributed by atoms with van der Waals surface area (Å²) in [6.07, 6.45) is 2.15. The van der Waals surface area contributed by atoms with Crippen LogP contribution in [-0.4, -0.2) is 73.5 Å². The lowest BCUT2D eigenvalue weighted by Crippen LogP contribution is -2.49. The third-order valence-corrected chi connectivity index (χ3v) is 4.81. The molecule has 1 amide bonds. The molecule has 4 rings (SSSR count). The number of morpholine rings is 1. The fourth-order valence-electron chi connectivity index (χ4n) is 3.19. The molecule has 1 saturated carbocycles. The van der Waals surface area contributed by atoms with Crippen molar-refractivity contribution in [3.8, 4) is 0 Å². The Hall–Kier alpha value is -1.89. The van der Waals surface area contributed by atoms with Gasteiger partial charge in [0.1, 0.15) is 0 Å². The Morgan fingerprint density at radius 3 is 2.00 bits per heavy atom. The minimum atomic E-state index is 0.314. The van der Waals surface area contributed by atoms with E-state index < -0.39 is 0 Å². The Kier molecular flexibility index (Phi) is 4.03. The van der Waals surface area contributed by atoms with Gasteiger partial charge in [0, 0.05) is 45.2 Å². The number of hydrogen-bond acceptors (Lipinski definition) is 6. The molecule has 3 fully saturated rings. The monoisotopic (exact) mass is 317 g/mol. The van der Waals surface area contributed by atoms with Gasteiger partial charge in [-0.2, -0.15) is 0 Å². The number of hydrogen-bond donors (Lipinski definition) is 0. The van der Waals surface area contributed by atoms with Crippen LogP contribution in [0.15, 0.2) is 12.1 Å². The highest BCUT2D eigenvalue weighted by molar-refractivity contribution is 5.81. The average Bonchev–Trinajstić information content (AvgIpc) is 3.47. The van der Waals surface area contributed by atoms with Crippen LogP contribution in [0.3, 0.4) is 0 Å². The van der Waals surface area contributed by atoms with Gasteiger partial charge in [-0.25, -0.2) is 0 Å². The minimum absolute atomic E-state index is 0.314. The van der Waals surface area contributed by atoms with Crippen molar-refractivity contribution in [1.29, 1.82) is 0 Å². The molecule has 0 unspecified atom stereocenters. The van der Waals surface area contributed by atoms with Gasteiger partial charge in [-0.3, -0.25) is 4.79 Å². The molecule has 2 saturated heterocycles. The first-order chi connectivity index (χ1) is 11.3. The zero-order chi connectivity index (χ0) is 15.6. The van der Waals surface area contributed by atoms with Crippen molar-refractivity contribution < 1.29 is 9.53 Å². The molecule has 0 spiro atoms. The Labute approximate surface area is 136 Å². The fraction of sp³-hybridized carbons (Fsp3) is 0.688. The molecule has 2 aliphatic heterocycles. The van der Waals surface area contributed by atoms with Crippen LogP contribution >= 0.6 is 0 Å². The van der Waals surface area contributed by atoms with E-state index in [0.717, 1.165) is 77.0 Å². The van der Waals surface area contributed by atoms with Crippen molar-refractivity contribution in [2.24, 2.45) is 5.92 Å². The van der Waals surface area contributed by atoms with E-state index >= 15 is 0 Å². The zero-order valence-electron chi connectivity index (χ0n) is 13.4. The van der Waals surface area contributed by atoms with Gasteiger partial charge in [0.05, 0.1) is 13.2 Å². The molecule has 23 heavy (non-hydrogen) atoms. The van der Waals surface area contributed by atoms with Gasteiger partial charge in [0.15, 0.2) is 11.6 Å². The second-order valence-corrected chi connectivity index (χ2v) is 6.44. The maximum absolute atomic E-state index is 12.1. The first-order valence-electron chi connectivity index (χ1n) is 8.51. The van der Waals surface area contributed by atoms with Gasteiger partial charge in [-0.05, 0) is 25.0 Å². The summed E-state index contributed by atoms with van der Waals surface area (Å²) in [5.74, 6) is 2.48. The number of aromatic nitrogens is 2.